The maximum absolute atomic E-state index is 9.53. The van der Waals surface area contributed by atoms with Crippen molar-refractivity contribution in [3.8, 4) is 17.7 Å². The lowest BCUT2D eigenvalue weighted by Gasteiger charge is -2.24. The first-order valence-corrected chi connectivity index (χ1v) is 7.51. The molecule has 0 aliphatic carbocycles. The average Bonchev–Trinajstić information content (AvgIpc) is 2.92. The minimum Gasteiger partial charge on any atom is -0.494 e. The van der Waals surface area contributed by atoms with Gasteiger partial charge in [0.2, 0.25) is 11.8 Å². The number of nitrogens with zero attached hydrogens (tertiary/aromatic N) is 2. The van der Waals surface area contributed by atoms with Crippen LogP contribution in [0.15, 0.2) is 35.7 Å². The summed E-state index contributed by atoms with van der Waals surface area (Å²) < 4.78 is 11.2. The smallest absolute Gasteiger partial charge is 0.244 e. The lowest BCUT2D eigenvalue weighted by Crippen LogP contribution is -2.21. The molecule has 1 aliphatic heterocycles. The molecule has 2 heterocycles. The predicted octanol–water partition coefficient (Wildman–Crippen LogP) is 2.73. The van der Waals surface area contributed by atoms with Gasteiger partial charge in [0, 0.05) is 11.3 Å². The molecule has 1 aromatic heterocycles. The fraction of sp³-hybridized carbons (Fsp3) is 0.294. The Hall–Kier alpha value is -2.94. The quantitative estimate of drug-likeness (QED) is 0.905. The number of allylic oxidation sites excluding steroid dienone is 1. The Morgan fingerprint density at radius 1 is 1.48 bits per heavy atom. The zero-order chi connectivity index (χ0) is 16.4. The number of nitrogens with two attached hydrogens (primary N) is 1. The number of aryl methyl sites for hydroxylation is 1. The van der Waals surface area contributed by atoms with Crippen molar-refractivity contribution in [1.82, 2.24) is 10.2 Å². The van der Waals surface area contributed by atoms with E-state index in [1.165, 1.54) is 0 Å². The summed E-state index contributed by atoms with van der Waals surface area (Å²) in [4.78, 5) is 0. The monoisotopic (exact) mass is 310 g/mol. The summed E-state index contributed by atoms with van der Waals surface area (Å²) in [7, 11) is 0. The van der Waals surface area contributed by atoms with Gasteiger partial charge in [-0.05, 0) is 31.0 Å². The molecule has 23 heavy (non-hydrogen) atoms. The number of ether oxygens (including phenoxy) is 2. The molecule has 0 amide bonds. The van der Waals surface area contributed by atoms with E-state index in [1.54, 1.807) is 0 Å². The maximum atomic E-state index is 9.53. The Morgan fingerprint density at radius 3 is 3.04 bits per heavy atom. The van der Waals surface area contributed by atoms with Crippen LogP contribution in [0.2, 0.25) is 0 Å². The van der Waals surface area contributed by atoms with Gasteiger partial charge in [-0.25, -0.2) is 0 Å². The third-order valence-corrected chi connectivity index (χ3v) is 3.79. The number of benzene rings is 1. The van der Waals surface area contributed by atoms with Crippen molar-refractivity contribution < 1.29 is 9.47 Å². The second kappa shape index (κ2) is 6.05. The van der Waals surface area contributed by atoms with Gasteiger partial charge in [-0.15, -0.1) is 5.10 Å². The van der Waals surface area contributed by atoms with Crippen molar-refractivity contribution in [2.24, 2.45) is 5.73 Å². The number of hydrogen-bond acceptors (Lipinski definition) is 5. The largest absolute Gasteiger partial charge is 0.494 e. The second-order valence-electron chi connectivity index (χ2n) is 5.41. The normalized spacial score (nSPS) is 16.5. The van der Waals surface area contributed by atoms with Crippen LogP contribution < -0.4 is 15.2 Å². The summed E-state index contributed by atoms with van der Waals surface area (Å²) in [6.45, 7) is 4.60. The first-order chi connectivity index (χ1) is 11.2. The number of nitriles is 1. The van der Waals surface area contributed by atoms with Crippen LogP contribution in [-0.4, -0.2) is 16.8 Å². The molecule has 2 aromatic rings. The molecule has 0 saturated carbocycles. The zero-order valence-electron chi connectivity index (χ0n) is 13.1. The molecule has 6 nitrogen and oxygen atoms in total. The van der Waals surface area contributed by atoms with Gasteiger partial charge in [-0.3, -0.25) is 5.10 Å². The van der Waals surface area contributed by atoms with Crippen molar-refractivity contribution in [1.29, 1.82) is 5.26 Å². The summed E-state index contributed by atoms with van der Waals surface area (Å²) in [5.74, 6) is 0.974. The van der Waals surface area contributed by atoms with Crippen molar-refractivity contribution in [2.45, 2.75) is 26.2 Å². The van der Waals surface area contributed by atoms with E-state index in [0.717, 1.165) is 29.0 Å². The number of fused-ring (bicyclic) bond motifs is 1. The Bertz CT molecular complexity index is 801. The van der Waals surface area contributed by atoms with Gasteiger partial charge in [-0.1, -0.05) is 19.1 Å². The van der Waals surface area contributed by atoms with E-state index < -0.39 is 0 Å². The fourth-order valence-electron chi connectivity index (χ4n) is 2.74. The zero-order valence-corrected chi connectivity index (χ0v) is 13.1. The molecule has 0 spiro atoms. The van der Waals surface area contributed by atoms with Crippen LogP contribution in [0.4, 0.5) is 0 Å². The molecule has 118 valence electrons. The summed E-state index contributed by atoms with van der Waals surface area (Å²) in [6.07, 6.45) is 0.933. The summed E-state index contributed by atoms with van der Waals surface area (Å²) >= 11 is 0. The Kier molecular flexibility index (Phi) is 3.94. The first kappa shape index (κ1) is 15.0. The van der Waals surface area contributed by atoms with Gasteiger partial charge in [0.15, 0.2) is 0 Å². The van der Waals surface area contributed by atoms with Gasteiger partial charge < -0.3 is 15.2 Å². The molecule has 6 heteroatoms. The molecule has 0 bridgehead atoms. The van der Waals surface area contributed by atoms with Crippen molar-refractivity contribution in [2.75, 3.05) is 6.61 Å². The number of aromatic nitrogens is 2. The van der Waals surface area contributed by atoms with Gasteiger partial charge in [-0.2, -0.15) is 5.26 Å². The number of rotatable bonds is 4. The van der Waals surface area contributed by atoms with Crippen LogP contribution in [-0.2, 0) is 0 Å². The topological polar surface area (TPSA) is 96.9 Å². The van der Waals surface area contributed by atoms with E-state index in [2.05, 4.69) is 23.2 Å². The number of hydrogen-bond donors (Lipinski definition) is 2. The molecule has 0 saturated heterocycles. The van der Waals surface area contributed by atoms with Crippen LogP contribution in [0.25, 0.3) is 0 Å². The molecule has 1 atom stereocenters. The first-order valence-electron chi connectivity index (χ1n) is 7.51. The van der Waals surface area contributed by atoms with E-state index in [1.807, 2.05) is 31.2 Å². The van der Waals surface area contributed by atoms with Crippen molar-refractivity contribution in [3.05, 3.63) is 52.5 Å². The highest BCUT2D eigenvalue weighted by atomic mass is 16.5. The van der Waals surface area contributed by atoms with E-state index in [4.69, 9.17) is 15.2 Å². The summed E-state index contributed by atoms with van der Waals surface area (Å²) in [5, 5.41) is 16.5. The molecule has 1 aromatic carbocycles. The average molecular weight is 310 g/mol. The van der Waals surface area contributed by atoms with E-state index >= 15 is 0 Å². The van der Waals surface area contributed by atoms with Gasteiger partial charge >= 0.3 is 0 Å². The highest BCUT2D eigenvalue weighted by molar-refractivity contribution is 5.55. The minimum absolute atomic E-state index is 0.0939. The van der Waals surface area contributed by atoms with Crippen molar-refractivity contribution in [3.63, 3.8) is 0 Å². The highest BCUT2D eigenvalue weighted by Crippen LogP contribution is 2.43. The number of aromatic amines is 1. The predicted molar refractivity (Wildman–Crippen MR) is 84.9 cm³/mol. The Labute approximate surface area is 134 Å². The van der Waals surface area contributed by atoms with Gasteiger partial charge in [0.1, 0.15) is 17.4 Å². The molecule has 3 rings (SSSR count). The standard InChI is InChI=1S/C17H18N4O2/c1-3-7-22-12-6-4-5-11(8-12)15-13(9-18)16(19)23-17-14(15)10(2)20-21-17/h4-6,8,15H,3,7,19H2,1-2H3,(H,20,21). The summed E-state index contributed by atoms with van der Waals surface area (Å²) in [6, 6.07) is 9.88. The number of H-pyrrole nitrogens is 1. The van der Waals surface area contributed by atoms with Crippen LogP contribution in [0.3, 0.4) is 0 Å². The lowest BCUT2D eigenvalue weighted by molar-refractivity contribution is 0.317. The van der Waals surface area contributed by atoms with Gasteiger partial charge in [0.25, 0.3) is 0 Å². The SMILES string of the molecule is CCCOc1cccc(C2C(C#N)=C(N)Oc3n[nH]c(C)c32)c1. The molecule has 1 aliphatic rings. The lowest BCUT2D eigenvalue weighted by atomic mass is 9.84. The second-order valence-corrected chi connectivity index (χ2v) is 5.41. The van der Waals surface area contributed by atoms with Crippen LogP contribution >= 0.6 is 0 Å². The Balaban J connectivity index is 2.10. The molecular weight excluding hydrogens is 292 g/mol. The van der Waals surface area contributed by atoms with Crippen LogP contribution in [0.5, 0.6) is 11.6 Å². The molecule has 0 radical (unpaired) electrons. The van der Waals surface area contributed by atoms with E-state index in [0.29, 0.717) is 18.1 Å². The van der Waals surface area contributed by atoms with E-state index in [-0.39, 0.29) is 11.8 Å². The molecule has 0 fully saturated rings. The Morgan fingerprint density at radius 2 is 2.30 bits per heavy atom. The summed E-state index contributed by atoms with van der Waals surface area (Å²) in [5.41, 5.74) is 8.91. The van der Waals surface area contributed by atoms with Crippen LogP contribution in [0, 0.1) is 18.3 Å². The minimum atomic E-state index is -0.312. The highest BCUT2D eigenvalue weighted by Gasteiger charge is 2.34. The third-order valence-electron chi connectivity index (χ3n) is 3.79. The molecular formula is C17H18N4O2. The molecule has 1 unspecified atom stereocenters. The molecule has 3 N–H and O–H groups in total. The third kappa shape index (κ3) is 2.61. The van der Waals surface area contributed by atoms with E-state index in [9.17, 15) is 5.26 Å². The maximum Gasteiger partial charge on any atom is 0.244 e. The van der Waals surface area contributed by atoms with Gasteiger partial charge in [0.05, 0.1) is 12.5 Å². The number of nitrogens with one attached hydrogen (secondary N) is 1. The fourth-order valence-corrected chi connectivity index (χ4v) is 2.74. The van der Waals surface area contributed by atoms with Crippen LogP contribution in [0.1, 0.15) is 36.1 Å². The van der Waals surface area contributed by atoms with Crippen molar-refractivity contribution >= 4 is 0 Å².